The van der Waals surface area contributed by atoms with E-state index in [9.17, 15) is 4.79 Å². The van der Waals surface area contributed by atoms with E-state index in [-0.39, 0.29) is 24.2 Å². The highest BCUT2D eigenvalue weighted by atomic mass is 16.5. The Balaban J connectivity index is 1.67. The molecule has 5 heteroatoms. The summed E-state index contributed by atoms with van der Waals surface area (Å²) in [6.45, 7) is 3.69. The number of amides is 1. The van der Waals surface area contributed by atoms with Crippen LogP contribution < -0.4 is 0 Å². The predicted molar refractivity (Wildman–Crippen MR) is 70.9 cm³/mol. The molecule has 2 aliphatic heterocycles. The van der Waals surface area contributed by atoms with Crippen LogP contribution in [0.1, 0.15) is 25.7 Å². The van der Waals surface area contributed by atoms with E-state index in [4.69, 9.17) is 9.47 Å². The van der Waals surface area contributed by atoms with E-state index in [2.05, 4.69) is 4.90 Å². The zero-order chi connectivity index (χ0) is 13.2. The van der Waals surface area contributed by atoms with Gasteiger partial charge >= 0.3 is 0 Å². The van der Waals surface area contributed by atoms with E-state index in [0.717, 1.165) is 25.9 Å². The first-order valence-corrected chi connectivity index (χ1v) is 7.48. The molecule has 2 heterocycles. The smallest absolute Gasteiger partial charge is 0.253 e. The number of hydrogen-bond donors (Lipinski definition) is 0. The van der Waals surface area contributed by atoms with Crippen molar-refractivity contribution in [1.29, 1.82) is 0 Å². The molecule has 19 heavy (non-hydrogen) atoms. The molecule has 1 saturated carbocycles. The molecular weight excluding hydrogens is 244 g/mol. The standard InChI is InChI=1S/C14H24N2O3/c1-15-6-8-19-13(10-15)14(17)16-7-9-18-12-5-3-2-4-11(12)16/h11-13H,2-10H2,1H3/t11-,12-,13-/m0/s1. The Morgan fingerprint density at radius 1 is 1.11 bits per heavy atom. The number of likely N-dealkylation sites (N-methyl/N-ethyl adjacent to an activating group) is 1. The van der Waals surface area contributed by atoms with E-state index in [0.29, 0.717) is 19.8 Å². The normalized spacial score (nSPS) is 36.9. The highest BCUT2D eigenvalue weighted by Gasteiger charge is 2.39. The summed E-state index contributed by atoms with van der Waals surface area (Å²) in [4.78, 5) is 16.9. The van der Waals surface area contributed by atoms with Crippen molar-refractivity contribution in [1.82, 2.24) is 9.80 Å². The molecule has 1 amide bonds. The number of fused-ring (bicyclic) bond motifs is 1. The third kappa shape index (κ3) is 2.78. The molecule has 3 aliphatic rings. The minimum atomic E-state index is -0.278. The van der Waals surface area contributed by atoms with E-state index in [1.165, 1.54) is 12.8 Å². The van der Waals surface area contributed by atoms with Crippen LogP contribution in [0.2, 0.25) is 0 Å². The third-order valence-corrected chi connectivity index (χ3v) is 4.56. The zero-order valence-electron chi connectivity index (χ0n) is 11.7. The molecule has 0 unspecified atom stereocenters. The van der Waals surface area contributed by atoms with Gasteiger partial charge in [0.05, 0.1) is 25.4 Å². The lowest BCUT2D eigenvalue weighted by Gasteiger charge is -2.45. The van der Waals surface area contributed by atoms with E-state index >= 15 is 0 Å². The quantitative estimate of drug-likeness (QED) is 0.694. The number of carbonyl (C=O) groups is 1. The molecule has 108 valence electrons. The van der Waals surface area contributed by atoms with Gasteiger partial charge in [0.25, 0.3) is 5.91 Å². The van der Waals surface area contributed by atoms with Gasteiger partial charge in [-0.15, -0.1) is 0 Å². The SMILES string of the molecule is CN1CCO[C@H](C(=O)N2CCO[C@H]3CCCC[C@@H]32)C1. The van der Waals surface area contributed by atoms with Crippen molar-refractivity contribution in [3.05, 3.63) is 0 Å². The summed E-state index contributed by atoms with van der Waals surface area (Å²) in [5.41, 5.74) is 0. The van der Waals surface area contributed by atoms with Gasteiger partial charge in [-0.3, -0.25) is 4.79 Å². The van der Waals surface area contributed by atoms with Crippen LogP contribution in [-0.4, -0.2) is 73.9 Å². The lowest BCUT2D eigenvalue weighted by Crippen LogP contribution is -2.59. The van der Waals surface area contributed by atoms with Crippen LogP contribution in [0.4, 0.5) is 0 Å². The van der Waals surface area contributed by atoms with Crippen molar-refractivity contribution in [3.63, 3.8) is 0 Å². The number of nitrogens with zero attached hydrogens (tertiary/aromatic N) is 2. The van der Waals surface area contributed by atoms with Crippen molar-refractivity contribution in [2.24, 2.45) is 0 Å². The Morgan fingerprint density at radius 3 is 2.74 bits per heavy atom. The molecule has 0 aromatic heterocycles. The van der Waals surface area contributed by atoms with Crippen LogP contribution in [0.3, 0.4) is 0 Å². The monoisotopic (exact) mass is 268 g/mol. The average Bonchev–Trinajstić information content (AvgIpc) is 2.46. The summed E-state index contributed by atoms with van der Waals surface area (Å²) in [6, 6.07) is 0.283. The Labute approximate surface area is 114 Å². The summed E-state index contributed by atoms with van der Waals surface area (Å²) >= 11 is 0. The Morgan fingerprint density at radius 2 is 1.89 bits per heavy atom. The summed E-state index contributed by atoms with van der Waals surface area (Å²) < 4.78 is 11.5. The number of ether oxygens (including phenoxy) is 2. The van der Waals surface area contributed by atoms with Gasteiger partial charge in [0.1, 0.15) is 6.10 Å². The first-order chi connectivity index (χ1) is 9.25. The highest BCUT2D eigenvalue weighted by Crippen LogP contribution is 2.29. The molecule has 0 radical (unpaired) electrons. The Kier molecular flexibility index (Phi) is 4.05. The second kappa shape index (κ2) is 5.77. The van der Waals surface area contributed by atoms with Crippen molar-refractivity contribution >= 4 is 5.91 Å². The highest BCUT2D eigenvalue weighted by molar-refractivity contribution is 5.81. The van der Waals surface area contributed by atoms with Gasteiger partial charge < -0.3 is 19.3 Å². The molecule has 1 aliphatic carbocycles. The van der Waals surface area contributed by atoms with Gasteiger partial charge in [-0.05, 0) is 19.9 Å². The molecule has 0 spiro atoms. The topological polar surface area (TPSA) is 42.0 Å². The molecule has 0 aromatic carbocycles. The second-order valence-electron chi connectivity index (χ2n) is 5.91. The van der Waals surface area contributed by atoms with Crippen LogP contribution in [0.25, 0.3) is 0 Å². The van der Waals surface area contributed by atoms with Crippen molar-refractivity contribution in [2.75, 3.05) is 39.9 Å². The molecule has 3 fully saturated rings. The van der Waals surface area contributed by atoms with Gasteiger partial charge in [-0.1, -0.05) is 12.8 Å². The fraction of sp³-hybridized carbons (Fsp3) is 0.929. The lowest BCUT2D eigenvalue weighted by molar-refractivity contribution is -0.165. The minimum absolute atomic E-state index is 0.173. The number of carbonyl (C=O) groups excluding carboxylic acids is 1. The molecular formula is C14H24N2O3. The first-order valence-electron chi connectivity index (χ1n) is 7.48. The van der Waals surface area contributed by atoms with Gasteiger partial charge in [0, 0.05) is 19.6 Å². The maximum absolute atomic E-state index is 12.7. The summed E-state index contributed by atoms with van der Waals surface area (Å²) in [7, 11) is 2.05. The molecule has 2 saturated heterocycles. The van der Waals surface area contributed by atoms with Crippen LogP contribution in [-0.2, 0) is 14.3 Å². The molecule has 0 aromatic rings. The lowest BCUT2D eigenvalue weighted by atomic mass is 9.90. The summed E-state index contributed by atoms with van der Waals surface area (Å²) in [6.07, 6.45) is 4.59. The average molecular weight is 268 g/mol. The molecule has 0 bridgehead atoms. The molecule has 0 N–H and O–H groups in total. The Hall–Kier alpha value is -0.650. The van der Waals surface area contributed by atoms with Crippen LogP contribution >= 0.6 is 0 Å². The first kappa shape index (κ1) is 13.3. The summed E-state index contributed by atoms with van der Waals surface area (Å²) in [5.74, 6) is 0.173. The van der Waals surface area contributed by atoms with Gasteiger partial charge in [-0.2, -0.15) is 0 Å². The minimum Gasteiger partial charge on any atom is -0.374 e. The summed E-state index contributed by atoms with van der Waals surface area (Å²) in [5, 5.41) is 0. The van der Waals surface area contributed by atoms with Crippen molar-refractivity contribution < 1.29 is 14.3 Å². The van der Waals surface area contributed by atoms with Crippen LogP contribution in [0.15, 0.2) is 0 Å². The third-order valence-electron chi connectivity index (χ3n) is 4.56. The van der Waals surface area contributed by atoms with E-state index < -0.39 is 0 Å². The maximum atomic E-state index is 12.7. The number of hydrogen-bond acceptors (Lipinski definition) is 4. The fourth-order valence-corrected chi connectivity index (χ4v) is 3.48. The zero-order valence-corrected chi connectivity index (χ0v) is 11.7. The van der Waals surface area contributed by atoms with Crippen LogP contribution in [0, 0.1) is 0 Å². The number of rotatable bonds is 1. The molecule has 3 atom stereocenters. The van der Waals surface area contributed by atoms with Crippen molar-refractivity contribution in [2.45, 2.75) is 43.9 Å². The van der Waals surface area contributed by atoms with Crippen molar-refractivity contribution in [3.8, 4) is 0 Å². The molecule has 5 nitrogen and oxygen atoms in total. The maximum Gasteiger partial charge on any atom is 0.253 e. The number of morpholine rings is 2. The van der Waals surface area contributed by atoms with Gasteiger partial charge in [-0.25, -0.2) is 0 Å². The Bertz CT molecular complexity index is 335. The van der Waals surface area contributed by atoms with E-state index in [1.54, 1.807) is 0 Å². The van der Waals surface area contributed by atoms with Gasteiger partial charge in [0.2, 0.25) is 0 Å². The van der Waals surface area contributed by atoms with E-state index in [1.807, 2.05) is 11.9 Å². The molecule has 3 rings (SSSR count). The van der Waals surface area contributed by atoms with Gasteiger partial charge in [0.15, 0.2) is 0 Å². The largest absolute Gasteiger partial charge is 0.374 e. The fourth-order valence-electron chi connectivity index (χ4n) is 3.48. The second-order valence-corrected chi connectivity index (χ2v) is 5.91. The van der Waals surface area contributed by atoms with Crippen LogP contribution in [0.5, 0.6) is 0 Å². The predicted octanol–water partition coefficient (Wildman–Crippen LogP) is 0.487.